The van der Waals surface area contributed by atoms with Crippen LogP contribution in [0.25, 0.3) is 0 Å². The molecule has 1 amide bonds. The molecule has 0 aliphatic heterocycles. The van der Waals surface area contributed by atoms with Gasteiger partial charge in [-0.05, 0) is 25.7 Å². The van der Waals surface area contributed by atoms with E-state index in [4.69, 9.17) is 5.73 Å². The first-order chi connectivity index (χ1) is 10.0. The fourth-order valence-corrected chi connectivity index (χ4v) is 2.55. The van der Waals surface area contributed by atoms with Gasteiger partial charge in [0.1, 0.15) is 18.2 Å². The molecule has 0 radical (unpaired) electrons. The van der Waals surface area contributed by atoms with Gasteiger partial charge in [0.05, 0.1) is 11.7 Å². The van der Waals surface area contributed by atoms with Gasteiger partial charge in [-0.25, -0.2) is 9.67 Å². The van der Waals surface area contributed by atoms with Crippen LogP contribution in [0, 0.1) is 12.8 Å². The summed E-state index contributed by atoms with van der Waals surface area (Å²) in [6.07, 6.45) is 5.90. The normalized spacial score (nSPS) is 15.9. The Bertz CT molecular complexity index is 654. The summed E-state index contributed by atoms with van der Waals surface area (Å²) >= 11 is 0. The van der Waals surface area contributed by atoms with Crippen molar-refractivity contribution >= 4 is 11.7 Å². The van der Waals surface area contributed by atoms with Crippen molar-refractivity contribution in [2.45, 2.75) is 32.4 Å². The zero-order chi connectivity index (χ0) is 15.0. The van der Waals surface area contributed by atoms with Crippen LogP contribution in [0.4, 0.5) is 5.82 Å². The summed E-state index contributed by atoms with van der Waals surface area (Å²) in [5, 5.41) is 7.28. The molecule has 1 fully saturated rings. The SMILES string of the molecule is Cc1cc(N)n(CC(=O)N[C@@H](c2nccn2C)C2CC2)n1. The van der Waals surface area contributed by atoms with Crippen LogP contribution in [0.5, 0.6) is 0 Å². The van der Waals surface area contributed by atoms with E-state index in [0.29, 0.717) is 11.7 Å². The minimum Gasteiger partial charge on any atom is -0.384 e. The first-order valence-corrected chi connectivity index (χ1v) is 7.11. The Balaban J connectivity index is 1.70. The number of aryl methyl sites for hydroxylation is 2. The zero-order valence-electron chi connectivity index (χ0n) is 12.3. The maximum absolute atomic E-state index is 12.3. The van der Waals surface area contributed by atoms with Crippen molar-refractivity contribution in [1.29, 1.82) is 0 Å². The second-order valence-electron chi connectivity index (χ2n) is 5.65. The van der Waals surface area contributed by atoms with Crippen LogP contribution in [0.1, 0.15) is 30.4 Å². The maximum atomic E-state index is 12.3. The molecule has 1 saturated carbocycles. The molecule has 0 spiro atoms. The predicted molar refractivity (Wildman–Crippen MR) is 78.2 cm³/mol. The van der Waals surface area contributed by atoms with Gasteiger partial charge in [-0.15, -0.1) is 0 Å². The number of carbonyl (C=O) groups excluding carboxylic acids is 1. The van der Waals surface area contributed by atoms with Gasteiger partial charge in [0.25, 0.3) is 0 Å². The Hall–Kier alpha value is -2.31. The molecule has 0 saturated heterocycles. The average molecular weight is 288 g/mol. The molecule has 0 aromatic carbocycles. The Morgan fingerprint density at radius 2 is 2.33 bits per heavy atom. The molecule has 2 aromatic rings. The number of carbonyl (C=O) groups is 1. The third-order valence-electron chi connectivity index (χ3n) is 3.77. The van der Waals surface area contributed by atoms with Crippen molar-refractivity contribution in [3.05, 3.63) is 30.0 Å². The Kier molecular flexibility index (Phi) is 3.40. The van der Waals surface area contributed by atoms with E-state index in [1.165, 1.54) is 4.68 Å². The number of imidazole rings is 1. The number of nitrogens with one attached hydrogen (secondary N) is 1. The van der Waals surface area contributed by atoms with Gasteiger partial charge in [0.15, 0.2) is 0 Å². The first kappa shape index (κ1) is 13.7. The summed E-state index contributed by atoms with van der Waals surface area (Å²) in [7, 11) is 1.94. The highest BCUT2D eigenvalue weighted by molar-refractivity contribution is 5.76. The topological polar surface area (TPSA) is 90.8 Å². The molecule has 0 bridgehead atoms. The third-order valence-corrected chi connectivity index (χ3v) is 3.77. The lowest BCUT2D eigenvalue weighted by Gasteiger charge is -2.18. The van der Waals surface area contributed by atoms with Crippen LogP contribution >= 0.6 is 0 Å². The predicted octanol–water partition coefficient (Wildman–Crippen LogP) is 0.775. The first-order valence-electron chi connectivity index (χ1n) is 7.11. The summed E-state index contributed by atoms with van der Waals surface area (Å²) in [6, 6.07) is 1.72. The standard InChI is InChI=1S/C14H20N6O/c1-9-7-11(15)20(18-9)8-12(21)17-13(10-3-4-10)14-16-5-6-19(14)2/h5-7,10,13H,3-4,8,15H2,1-2H3,(H,17,21)/t13-/m1/s1. The molecule has 2 heterocycles. The smallest absolute Gasteiger partial charge is 0.242 e. The van der Waals surface area contributed by atoms with Crippen LogP contribution in [-0.4, -0.2) is 25.2 Å². The number of aromatic nitrogens is 4. The highest BCUT2D eigenvalue weighted by Gasteiger charge is 2.35. The van der Waals surface area contributed by atoms with Crippen molar-refractivity contribution in [2.24, 2.45) is 13.0 Å². The van der Waals surface area contributed by atoms with Gasteiger partial charge in [-0.2, -0.15) is 5.10 Å². The van der Waals surface area contributed by atoms with E-state index in [9.17, 15) is 4.79 Å². The molecule has 7 nitrogen and oxygen atoms in total. The van der Waals surface area contributed by atoms with Crippen LogP contribution in [0.2, 0.25) is 0 Å². The number of nitrogens with zero attached hydrogens (tertiary/aromatic N) is 4. The summed E-state index contributed by atoms with van der Waals surface area (Å²) in [5.74, 6) is 1.79. The highest BCUT2D eigenvalue weighted by Crippen LogP contribution is 2.40. The van der Waals surface area contributed by atoms with Crippen LogP contribution in [0.3, 0.4) is 0 Å². The molecule has 1 aliphatic rings. The van der Waals surface area contributed by atoms with Crippen LogP contribution in [-0.2, 0) is 18.4 Å². The number of nitrogen functional groups attached to an aromatic ring is 1. The van der Waals surface area contributed by atoms with E-state index >= 15 is 0 Å². The second-order valence-corrected chi connectivity index (χ2v) is 5.65. The quantitative estimate of drug-likeness (QED) is 0.850. The van der Waals surface area contributed by atoms with Gasteiger partial charge in [0.2, 0.25) is 5.91 Å². The molecule has 112 valence electrons. The number of anilines is 1. The van der Waals surface area contributed by atoms with E-state index in [0.717, 1.165) is 24.4 Å². The van der Waals surface area contributed by atoms with Gasteiger partial charge in [0, 0.05) is 25.5 Å². The molecule has 2 aromatic heterocycles. The molecular formula is C14H20N6O. The second kappa shape index (κ2) is 5.23. The average Bonchev–Trinajstić information content (AvgIpc) is 3.10. The van der Waals surface area contributed by atoms with E-state index in [1.807, 2.05) is 24.7 Å². The lowest BCUT2D eigenvalue weighted by Crippen LogP contribution is -2.34. The fourth-order valence-electron chi connectivity index (χ4n) is 2.55. The Morgan fingerprint density at radius 3 is 2.86 bits per heavy atom. The minimum atomic E-state index is -0.0929. The van der Waals surface area contributed by atoms with Gasteiger partial charge in [-0.3, -0.25) is 4.79 Å². The Morgan fingerprint density at radius 1 is 1.57 bits per heavy atom. The third kappa shape index (κ3) is 2.91. The number of rotatable bonds is 5. The lowest BCUT2D eigenvalue weighted by atomic mass is 10.1. The number of amides is 1. The molecule has 1 atom stereocenters. The molecule has 3 N–H and O–H groups in total. The van der Waals surface area contributed by atoms with Crippen molar-refractivity contribution in [2.75, 3.05) is 5.73 Å². The van der Waals surface area contributed by atoms with Gasteiger partial charge >= 0.3 is 0 Å². The van der Waals surface area contributed by atoms with E-state index in [2.05, 4.69) is 15.4 Å². The van der Waals surface area contributed by atoms with E-state index in [-0.39, 0.29) is 18.5 Å². The fraction of sp³-hybridized carbons (Fsp3) is 0.500. The maximum Gasteiger partial charge on any atom is 0.242 e. The molecule has 3 rings (SSSR count). The number of nitrogens with two attached hydrogens (primary N) is 1. The Labute approximate surface area is 123 Å². The zero-order valence-corrected chi connectivity index (χ0v) is 12.3. The largest absolute Gasteiger partial charge is 0.384 e. The van der Waals surface area contributed by atoms with E-state index in [1.54, 1.807) is 12.3 Å². The molecular weight excluding hydrogens is 268 g/mol. The van der Waals surface area contributed by atoms with Crippen molar-refractivity contribution in [3.8, 4) is 0 Å². The number of hydrogen-bond donors (Lipinski definition) is 2. The summed E-state index contributed by atoms with van der Waals surface area (Å²) < 4.78 is 3.47. The van der Waals surface area contributed by atoms with Gasteiger partial charge < -0.3 is 15.6 Å². The van der Waals surface area contributed by atoms with Crippen molar-refractivity contribution < 1.29 is 4.79 Å². The van der Waals surface area contributed by atoms with Crippen LogP contribution in [0.15, 0.2) is 18.5 Å². The van der Waals surface area contributed by atoms with Gasteiger partial charge in [-0.1, -0.05) is 0 Å². The monoisotopic (exact) mass is 288 g/mol. The molecule has 1 aliphatic carbocycles. The summed E-state index contributed by atoms with van der Waals surface area (Å²) in [6.45, 7) is 1.99. The molecule has 0 unspecified atom stereocenters. The molecule has 21 heavy (non-hydrogen) atoms. The van der Waals surface area contributed by atoms with Crippen molar-refractivity contribution in [3.63, 3.8) is 0 Å². The van der Waals surface area contributed by atoms with E-state index < -0.39 is 0 Å². The van der Waals surface area contributed by atoms with Crippen molar-refractivity contribution in [1.82, 2.24) is 24.6 Å². The molecule has 7 heteroatoms. The minimum absolute atomic E-state index is 0.0321. The summed E-state index contributed by atoms with van der Waals surface area (Å²) in [4.78, 5) is 16.6. The highest BCUT2D eigenvalue weighted by atomic mass is 16.2. The lowest BCUT2D eigenvalue weighted by molar-refractivity contribution is -0.122. The number of hydrogen-bond acceptors (Lipinski definition) is 4. The summed E-state index contributed by atoms with van der Waals surface area (Å²) in [5.41, 5.74) is 6.62. The van der Waals surface area contributed by atoms with Crippen LogP contribution < -0.4 is 11.1 Å².